The van der Waals surface area contributed by atoms with Crippen LogP contribution >= 0.6 is 11.8 Å². The lowest BCUT2D eigenvalue weighted by molar-refractivity contribution is -0.277. The van der Waals surface area contributed by atoms with Crippen LogP contribution in [0.5, 0.6) is 0 Å². The van der Waals surface area contributed by atoms with Gasteiger partial charge in [-0.05, 0) is 19.1 Å². The number of amides is 1. The number of carbonyl (C=O) groups excluding carboxylic acids is 1. The summed E-state index contributed by atoms with van der Waals surface area (Å²) in [6.45, 7) is -0.591. The summed E-state index contributed by atoms with van der Waals surface area (Å²) in [6, 6.07) is 2.00. The van der Waals surface area contributed by atoms with Crippen molar-refractivity contribution in [2.45, 2.75) is 29.9 Å². The summed E-state index contributed by atoms with van der Waals surface area (Å²) in [5.74, 6) is -6.00. The first kappa shape index (κ1) is 17.9. The van der Waals surface area contributed by atoms with Crippen molar-refractivity contribution in [1.82, 2.24) is 4.90 Å². The van der Waals surface area contributed by atoms with Gasteiger partial charge in [0.2, 0.25) is 11.8 Å². The lowest BCUT2D eigenvalue weighted by Crippen LogP contribution is -2.53. The second-order valence-corrected chi connectivity index (χ2v) is 5.84. The van der Waals surface area contributed by atoms with E-state index in [1.54, 1.807) is 6.26 Å². The van der Waals surface area contributed by atoms with E-state index in [1.807, 2.05) is 6.07 Å². The first-order valence-corrected chi connectivity index (χ1v) is 7.08. The molecule has 3 nitrogen and oxygen atoms in total. The Morgan fingerprint density at radius 3 is 1.90 bits per heavy atom. The zero-order valence-electron chi connectivity index (χ0n) is 10.9. The Bertz CT molecular complexity index is 419. The molecule has 0 aliphatic carbocycles. The minimum atomic E-state index is -5.68. The van der Waals surface area contributed by atoms with E-state index in [-0.39, 0.29) is 25.9 Å². The van der Waals surface area contributed by atoms with E-state index in [9.17, 15) is 31.1 Å². The van der Waals surface area contributed by atoms with Crippen molar-refractivity contribution in [3.63, 3.8) is 0 Å². The number of piperidine rings is 1. The number of alkyl halides is 6. The van der Waals surface area contributed by atoms with Gasteiger partial charge in [0.25, 0.3) is 0 Å². The summed E-state index contributed by atoms with van der Waals surface area (Å²) in [4.78, 5) is 12.1. The predicted molar refractivity (Wildman–Crippen MR) is 63.3 cm³/mol. The highest BCUT2D eigenvalue weighted by atomic mass is 32.2. The van der Waals surface area contributed by atoms with Gasteiger partial charge in [-0.2, -0.15) is 31.6 Å². The minimum Gasteiger partial charge on any atom is -0.342 e. The van der Waals surface area contributed by atoms with Crippen molar-refractivity contribution in [1.29, 1.82) is 5.26 Å². The van der Waals surface area contributed by atoms with Crippen LogP contribution < -0.4 is 0 Å². The lowest BCUT2D eigenvalue weighted by Gasteiger charge is -2.38. The second kappa shape index (κ2) is 5.94. The average Bonchev–Trinajstić information content (AvgIpc) is 2.35. The van der Waals surface area contributed by atoms with Gasteiger partial charge < -0.3 is 4.90 Å². The van der Waals surface area contributed by atoms with Crippen molar-refractivity contribution in [3.8, 4) is 6.07 Å². The standard InChI is InChI=1S/C11H12F6N2OS/c1-21-9(6-18)2-4-19(5-3-9)8(20)7(10(12,13)14)11(15,16)17/h7H,2-5H2,1H3. The molecule has 0 unspecified atom stereocenters. The first-order valence-electron chi connectivity index (χ1n) is 5.85. The normalized spacial score (nSPS) is 19.5. The van der Waals surface area contributed by atoms with Crippen LogP contribution in [0, 0.1) is 17.2 Å². The maximum atomic E-state index is 12.5. The van der Waals surface area contributed by atoms with Gasteiger partial charge >= 0.3 is 12.4 Å². The molecule has 0 aromatic carbocycles. The molecule has 0 atom stereocenters. The number of halogens is 6. The van der Waals surface area contributed by atoms with Gasteiger partial charge in [0, 0.05) is 13.1 Å². The molecule has 1 fully saturated rings. The fraction of sp³-hybridized carbons (Fsp3) is 0.818. The third kappa shape index (κ3) is 3.96. The third-order valence-corrected chi connectivity index (χ3v) is 4.66. The monoisotopic (exact) mass is 334 g/mol. The van der Waals surface area contributed by atoms with Crippen LogP contribution in [0.3, 0.4) is 0 Å². The lowest BCUT2D eigenvalue weighted by atomic mass is 9.95. The molecule has 0 N–H and O–H groups in total. The Morgan fingerprint density at radius 2 is 1.62 bits per heavy atom. The highest BCUT2D eigenvalue weighted by Crippen LogP contribution is 2.42. The number of nitriles is 1. The summed E-state index contributed by atoms with van der Waals surface area (Å²) in [5.41, 5.74) is 0. The molecule has 0 saturated carbocycles. The molecular weight excluding hydrogens is 322 g/mol. The summed E-state index contributed by atoms with van der Waals surface area (Å²) in [6.07, 6.45) is -9.65. The molecule has 120 valence electrons. The molecule has 0 radical (unpaired) electrons. The largest absolute Gasteiger partial charge is 0.409 e. The molecule has 10 heteroatoms. The summed E-state index contributed by atoms with van der Waals surface area (Å²) < 4.78 is 74.0. The van der Waals surface area contributed by atoms with Crippen LogP contribution in [0.2, 0.25) is 0 Å². The molecule has 0 aromatic heterocycles. The van der Waals surface area contributed by atoms with Gasteiger partial charge in [0.15, 0.2) is 0 Å². The number of thioether (sulfide) groups is 1. The van der Waals surface area contributed by atoms with E-state index >= 15 is 0 Å². The summed E-state index contributed by atoms with van der Waals surface area (Å²) in [7, 11) is 0. The number of hydrogen-bond acceptors (Lipinski definition) is 3. The van der Waals surface area contributed by atoms with Crippen molar-refractivity contribution in [3.05, 3.63) is 0 Å². The van der Waals surface area contributed by atoms with Crippen molar-refractivity contribution < 1.29 is 31.1 Å². The van der Waals surface area contributed by atoms with Crippen molar-refractivity contribution in [2.75, 3.05) is 19.3 Å². The Labute approximate surface area is 121 Å². The van der Waals surface area contributed by atoms with Gasteiger partial charge in [-0.15, -0.1) is 11.8 Å². The predicted octanol–water partition coefficient (Wildman–Crippen LogP) is 2.97. The van der Waals surface area contributed by atoms with Gasteiger partial charge in [-0.3, -0.25) is 4.79 Å². The van der Waals surface area contributed by atoms with E-state index in [4.69, 9.17) is 5.26 Å². The average molecular weight is 334 g/mol. The summed E-state index contributed by atoms with van der Waals surface area (Å²) >= 11 is 1.18. The second-order valence-electron chi connectivity index (χ2n) is 4.65. The maximum Gasteiger partial charge on any atom is 0.409 e. The third-order valence-electron chi connectivity index (χ3n) is 3.38. The topological polar surface area (TPSA) is 44.1 Å². The van der Waals surface area contributed by atoms with Crippen molar-refractivity contribution >= 4 is 17.7 Å². The van der Waals surface area contributed by atoms with Gasteiger partial charge in [0.1, 0.15) is 4.75 Å². The Kier molecular flexibility index (Phi) is 5.08. The molecule has 0 spiro atoms. The first-order chi connectivity index (χ1) is 9.47. The summed E-state index contributed by atoms with van der Waals surface area (Å²) in [5, 5.41) is 9.00. The number of nitrogens with zero attached hydrogens (tertiary/aromatic N) is 2. The van der Waals surface area contributed by atoms with Crippen LogP contribution in [0.4, 0.5) is 26.3 Å². The quantitative estimate of drug-likeness (QED) is 0.729. The number of rotatable bonds is 2. The number of hydrogen-bond donors (Lipinski definition) is 0. The maximum absolute atomic E-state index is 12.5. The Hall–Kier alpha value is -1.11. The molecule has 1 heterocycles. The molecule has 0 bridgehead atoms. The van der Waals surface area contributed by atoms with Crippen molar-refractivity contribution in [2.24, 2.45) is 5.92 Å². The van der Waals surface area contributed by atoms with Gasteiger partial charge in [-0.25, -0.2) is 0 Å². The Morgan fingerprint density at radius 1 is 1.19 bits per heavy atom. The van der Waals surface area contributed by atoms with E-state index < -0.39 is 28.9 Å². The number of carbonyl (C=O) groups is 1. The van der Waals surface area contributed by atoms with Crippen LogP contribution in [-0.4, -0.2) is 47.3 Å². The number of likely N-dealkylation sites (tertiary alicyclic amines) is 1. The van der Waals surface area contributed by atoms with Crippen LogP contribution in [0.1, 0.15) is 12.8 Å². The van der Waals surface area contributed by atoms with Gasteiger partial charge in [0.05, 0.1) is 6.07 Å². The van der Waals surface area contributed by atoms with E-state index in [2.05, 4.69) is 0 Å². The molecular formula is C11H12F6N2OS. The molecule has 0 aromatic rings. The molecule has 1 aliphatic heterocycles. The molecule has 1 rings (SSSR count). The minimum absolute atomic E-state index is 0.0405. The zero-order valence-corrected chi connectivity index (χ0v) is 11.7. The molecule has 1 aliphatic rings. The Balaban J connectivity index is 2.88. The van der Waals surface area contributed by atoms with Crippen LogP contribution in [0.25, 0.3) is 0 Å². The van der Waals surface area contributed by atoms with Crippen LogP contribution in [-0.2, 0) is 4.79 Å². The molecule has 21 heavy (non-hydrogen) atoms. The SMILES string of the molecule is CSC1(C#N)CCN(C(=O)C(C(F)(F)F)C(F)(F)F)CC1. The van der Waals surface area contributed by atoms with E-state index in [1.165, 1.54) is 11.8 Å². The fourth-order valence-corrected chi connectivity index (χ4v) is 2.78. The van der Waals surface area contributed by atoms with E-state index in [0.717, 1.165) is 0 Å². The fourth-order valence-electron chi connectivity index (χ4n) is 2.10. The van der Waals surface area contributed by atoms with Gasteiger partial charge in [-0.1, -0.05) is 0 Å². The zero-order chi connectivity index (χ0) is 16.5. The molecule has 1 saturated heterocycles. The smallest absolute Gasteiger partial charge is 0.342 e. The molecule has 1 amide bonds. The van der Waals surface area contributed by atoms with E-state index in [0.29, 0.717) is 4.90 Å². The highest BCUT2D eigenvalue weighted by molar-refractivity contribution is 8.00. The highest BCUT2D eigenvalue weighted by Gasteiger charge is 2.62. The van der Waals surface area contributed by atoms with Crippen LogP contribution in [0.15, 0.2) is 0 Å².